The summed E-state index contributed by atoms with van der Waals surface area (Å²) in [7, 11) is 0. The van der Waals surface area contributed by atoms with E-state index in [1.165, 1.54) is 77.0 Å². The van der Waals surface area contributed by atoms with Gasteiger partial charge in [-0.15, -0.1) is 4.67 Å². The number of unbranched alkanes of at least 4 members (excludes halogenated alkanes) is 11. The predicted molar refractivity (Wildman–Crippen MR) is 90.2 cm³/mol. The molecule has 0 heterocycles. The Hall–Kier alpha value is -0.810. The zero-order valence-electron chi connectivity index (χ0n) is 13.1. The minimum Gasteiger partial charge on any atom is -0.114 e. The molecule has 0 aliphatic heterocycles. The highest BCUT2D eigenvalue weighted by Gasteiger charge is 1.90. The topological polar surface area (TPSA) is 14.1 Å². The minimum atomic E-state index is 1.09. The van der Waals surface area contributed by atoms with E-state index in [4.69, 9.17) is 0 Å². The molecule has 0 aliphatic rings. The summed E-state index contributed by atoms with van der Waals surface area (Å²) in [6.45, 7) is 5.72. The van der Waals surface area contributed by atoms with E-state index < -0.39 is 0 Å². The highest BCUT2D eigenvalue weighted by atomic mass is 14.5. The van der Waals surface area contributed by atoms with Gasteiger partial charge in [0, 0.05) is 6.42 Å². The van der Waals surface area contributed by atoms with Gasteiger partial charge in [-0.05, 0) is 32.1 Å². The molecule has 0 fully saturated rings. The van der Waals surface area contributed by atoms with Crippen molar-refractivity contribution < 1.29 is 0 Å². The van der Waals surface area contributed by atoms with Crippen LogP contribution in [-0.4, -0.2) is 12.9 Å². The van der Waals surface area contributed by atoms with E-state index in [-0.39, 0.29) is 0 Å². The fourth-order valence-corrected chi connectivity index (χ4v) is 2.22. The molecule has 0 aromatic rings. The first kappa shape index (κ1) is 18.2. The molecular formula is C18H34N+. The summed E-state index contributed by atoms with van der Waals surface area (Å²) in [4.78, 5) is 0. The molecule has 0 N–H and O–H groups in total. The molecule has 0 unspecified atom stereocenters. The van der Waals surface area contributed by atoms with Crippen LogP contribution in [0.2, 0.25) is 0 Å². The largest absolute Gasteiger partial charge is 0.268 e. The van der Waals surface area contributed by atoms with Crippen molar-refractivity contribution in [3.05, 3.63) is 12.2 Å². The molecule has 0 saturated carbocycles. The summed E-state index contributed by atoms with van der Waals surface area (Å²) in [5.74, 6) is 0. The number of nitrogens with zero attached hydrogens (tertiary/aromatic N) is 1. The van der Waals surface area contributed by atoms with Gasteiger partial charge in [0.2, 0.25) is 0 Å². The first-order valence-corrected chi connectivity index (χ1v) is 8.34. The summed E-state index contributed by atoms with van der Waals surface area (Å²) >= 11 is 0. The number of rotatable bonds is 14. The molecule has 0 aromatic carbocycles. The van der Waals surface area contributed by atoms with Crippen molar-refractivity contribution >= 4 is 12.9 Å². The molecule has 0 bridgehead atoms. The van der Waals surface area contributed by atoms with Gasteiger partial charge in [-0.3, -0.25) is 0 Å². The number of hydrogen-bond acceptors (Lipinski definition) is 0. The lowest BCUT2D eigenvalue weighted by atomic mass is 10.1. The van der Waals surface area contributed by atoms with E-state index in [2.05, 4.69) is 30.5 Å². The quantitative estimate of drug-likeness (QED) is 0.171. The van der Waals surface area contributed by atoms with Gasteiger partial charge in [-0.2, -0.15) is 0 Å². The van der Waals surface area contributed by atoms with Crippen LogP contribution in [0, 0.1) is 0 Å². The van der Waals surface area contributed by atoms with Gasteiger partial charge in [-0.1, -0.05) is 64.0 Å². The number of hydrogen-bond donors (Lipinski definition) is 0. The first-order valence-electron chi connectivity index (χ1n) is 8.34. The van der Waals surface area contributed by atoms with Crippen LogP contribution in [0.25, 0.3) is 0 Å². The fourth-order valence-electron chi connectivity index (χ4n) is 2.22. The van der Waals surface area contributed by atoms with Crippen molar-refractivity contribution in [2.24, 2.45) is 0 Å². The van der Waals surface area contributed by atoms with Crippen LogP contribution in [-0.2, 0) is 0 Å². The Balaban J connectivity index is 3.06. The molecule has 0 radical (unpaired) electrons. The molecule has 1 heteroatoms. The van der Waals surface area contributed by atoms with Crippen LogP contribution in [0.4, 0.5) is 0 Å². The second-order valence-electron chi connectivity index (χ2n) is 5.38. The van der Waals surface area contributed by atoms with Gasteiger partial charge >= 0.3 is 0 Å². The summed E-state index contributed by atoms with van der Waals surface area (Å²) in [6.07, 6.45) is 24.0. The Labute approximate surface area is 120 Å². The molecule has 0 spiro atoms. The maximum absolute atomic E-state index is 3.75. The molecule has 110 valence electrons. The SMILES string of the molecule is C=[N+]=CCCCCCC/C=C\CCCCCCCC. The second kappa shape index (κ2) is 17.2. The highest BCUT2D eigenvalue weighted by molar-refractivity contribution is 5.57. The molecule has 0 rings (SSSR count). The zero-order chi connectivity index (χ0) is 14.0. The monoisotopic (exact) mass is 264 g/mol. The lowest BCUT2D eigenvalue weighted by Crippen LogP contribution is -1.81. The van der Waals surface area contributed by atoms with E-state index in [9.17, 15) is 0 Å². The van der Waals surface area contributed by atoms with Crippen LogP contribution < -0.4 is 4.67 Å². The third-order valence-electron chi connectivity index (χ3n) is 3.47. The van der Waals surface area contributed by atoms with Gasteiger partial charge in [0.25, 0.3) is 12.9 Å². The van der Waals surface area contributed by atoms with Crippen molar-refractivity contribution in [2.75, 3.05) is 0 Å². The Morgan fingerprint density at radius 3 is 1.68 bits per heavy atom. The van der Waals surface area contributed by atoms with Gasteiger partial charge in [0.15, 0.2) is 0 Å². The lowest BCUT2D eigenvalue weighted by molar-refractivity contribution is 0.610. The molecule has 0 saturated heterocycles. The third-order valence-corrected chi connectivity index (χ3v) is 3.47. The number of allylic oxidation sites excluding steroid dienone is 2. The van der Waals surface area contributed by atoms with Crippen molar-refractivity contribution in [3.63, 3.8) is 0 Å². The smallest absolute Gasteiger partial charge is 0.114 e. The molecule has 0 aliphatic carbocycles. The lowest BCUT2D eigenvalue weighted by Gasteiger charge is -1.98. The Morgan fingerprint density at radius 2 is 1.16 bits per heavy atom. The Bertz CT molecular complexity index is 236. The molecular weight excluding hydrogens is 230 g/mol. The van der Waals surface area contributed by atoms with Crippen molar-refractivity contribution in [1.82, 2.24) is 4.67 Å². The Morgan fingerprint density at radius 1 is 0.684 bits per heavy atom. The first-order chi connectivity index (χ1) is 9.41. The van der Waals surface area contributed by atoms with Gasteiger partial charge in [0.05, 0.1) is 0 Å². The molecule has 0 atom stereocenters. The predicted octanol–water partition coefficient (Wildman–Crippen LogP) is 5.47. The molecule has 0 aromatic heterocycles. The van der Waals surface area contributed by atoms with Gasteiger partial charge in [-0.25, -0.2) is 0 Å². The summed E-state index contributed by atoms with van der Waals surface area (Å²) < 4.78 is 3.75. The molecule has 1 nitrogen and oxygen atoms in total. The van der Waals surface area contributed by atoms with Crippen molar-refractivity contribution in [2.45, 2.75) is 90.4 Å². The van der Waals surface area contributed by atoms with E-state index in [1.54, 1.807) is 0 Å². The zero-order valence-corrected chi connectivity index (χ0v) is 13.1. The Kier molecular flexibility index (Phi) is 16.5. The van der Waals surface area contributed by atoms with Crippen LogP contribution in [0.5, 0.6) is 0 Å². The average molecular weight is 264 g/mol. The van der Waals surface area contributed by atoms with Gasteiger partial charge < -0.3 is 0 Å². The van der Waals surface area contributed by atoms with Crippen molar-refractivity contribution in [1.29, 1.82) is 0 Å². The van der Waals surface area contributed by atoms with E-state index >= 15 is 0 Å². The maximum atomic E-state index is 3.75. The summed E-state index contributed by atoms with van der Waals surface area (Å²) in [5.41, 5.74) is 0. The summed E-state index contributed by atoms with van der Waals surface area (Å²) in [5, 5.41) is 0. The standard InChI is InChI=1S/C18H34N/c1-3-4-5-6-7-8-9-10-11-12-13-14-15-16-17-18-19-2/h10-11,18H,2-9,12-17H2,1H3/q+1/b11-10-. The molecule has 19 heavy (non-hydrogen) atoms. The van der Waals surface area contributed by atoms with E-state index in [0.29, 0.717) is 0 Å². The molecule has 0 amide bonds. The van der Waals surface area contributed by atoms with Crippen LogP contribution >= 0.6 is 0 Å². The van der Waals surface area contributed by atoms with Crippen LogP contribution in [0.1, 0.15) is 90.4 Å². The summed E-state index contributed by atoms with van der Waals surface area (Å²) in [6, 6.07) is 0. The van der Waals surface area contributed by atoms with Crippen LogP contribution in [0.15, 0.2) is 12.2 Å². The van der Waals surface area contributed by atoms with E-state index in [0.717, 1.165) is 6.42 Å². The van der Waals surface area contributed by atoms with Crippen molar-refractivity contribution in [3.8, 4) is 0 Å². The maximum Gasteiger partial charge on any atom is 0.268 e. The fraction of sp³-hybridized carbons (Fsp3) is 0.778. The third kappa shape index (κ3) is 17.2. The average Bonchev–Trinajstić information content (AvgIpc) is 2.43. The minimum absolute atomic E-state index is 1.09. The highest BCUT2D eigenvalue weighted by Crippen LogP contribution is 2.08. The van der Waals surface area contributed by atoms with Crippen LogP contribution in [0.3, 0.4) is 0 Å². The normalized spacial score (nSPS) is 10.8. The second-order valence-corrected chi connectivity index (χ2v) is 5.38. The van der Waals surface area contributed by atoms with E-state index in [1.807, 2.05) is 6.21 Å². The van der Waals surface area contributed by atoms with Gasteiger partial charge in [0.1, 0.15) is 0 Å².